The van der Waals surface area contributed by atoms with Gasteiger partial charge in [-0.1, -0.05) is 11.6 Å². The summed E-state index contributed by atoms with van der Waals surface area (Å²) >= 11 is 6.00. The molecule has 1 aromatic rings. The standard InChI is InChI=1S/C16H18ClNO2/c1-20-12-5-4-10(17)7-11(12)18-16(19)15-13-8-2-3-9(6-8)14(13)15/h4-5,7-9,13-15H,2-3,6H2,1H3,(H,18,19)/t8-,9+,13-,14+,15?. The van der Waals surface area contributed by atoms with Crippen molar-refractivity contribution in [2.24, 2.45) is 29.6 Å². The highest BCUT2D eigenvalue weighted by Gasteiger charge is 2.67. The van der Waals surface area contributed by atoms with Crippen LogP contribution in [0.5, 0.6) is 5.75 Å². The molecule has 1 N–H and O–H groups in total. The number of benzene rings is 1. The predicted octanol–water partition coefficient (Wildman–Crippen LogP) is 3.58. The average molecular weight is 292 g/mol. The maximum atomic E-state index is 12.5. The van der Waals surface area contributed by atoms with E-state index in [9.17, 15) is 4.79 Å². The minimum absolute atomic E-state index is 0.150. The summed E-state index contributed by atoms with van der Waals surface area (Å²) in [5.74, 6) is 3.96. The highest BCUT2D eigenvalue weighted by molar-refractivity contribution is 6.31. The zero-order chi connectivity index (χ0) is 13.9. The summed E-state index contributed by atoms with van der Waals surface area (Å²) in [5.41, 5.74) is 0.683. The largest absolute Gasteiger partial charge is 0.495 e. The number of rotatable bonds is 3. The molecule has 3 aliphatic rings. The van der Waals surface area contributed by atoms with Gasteiger partial charge < -0.3 is 10.1 Å². The van der Waals surface area contributed by atoms with Crippen LogP contribution in [0.3, 0.4) is 0 Å². The third-order valence-corrected chi connectivity index (χ3v) is 5.69. The van der Waals surface area contributed by atoms with Crippen LogP contribution in [0.15, 0.2) is 18.2 Å². The van der Waals surface area contributed by atoms with Crippen LogP contribution in [-0.4, -0.2) is 13.0 Å². The topological polar surface area (TPSA) is 38.3 Å². The number of carbonyl (C=O) groups excluding carboxylic acids is 1. The zero-order valence-electron chi connectivity index (χ0n) is 11.4. The lowest BCUT2D eigenvalue weighted by Crippen LogP contribution is -2.19. The van der Waals surface area contributed by atoms with E-state index in [2.05, 4.69) is 5.32 Å². The molecule has 4 heteroatoms. The molecule has 3 fully saturated rings. The molecule has 0 heterocycles. The Bertz CT molecular complexity index is 558. The van der Waals surface area contributed by atoms with E-state index in [1.807, 2.05) is 0 Å². The fourth-order valence-corrected chi connectivity index (χ4v) is 4.84. The van der Waals surface area contributed by atoms with E-state index < -0.39 is 0 Å². The van der Waals surface area contributed by atoms with Crippen molar-refractivity contribution in [3.8, 4) is 5.75 Å². The first-order valence-electron chi connectivity index (χ1n) is 7.33. The van der Waals surface area contributed by atoms with Gasteiger partial charge in [0, 0.05) is 10.9 Å². The van der Waals surface area contributed by atoms with Gasteiger partial charge in [-0.15, -0.1) is 0 Å². The van der Waals surface area contributed by atoms with Crippen LogP contribution in [0.25, 0.3) is 0 Å². The molecule has 1 aromatic carbocycles. The molecule has 2 bridgehead atoms. The van der Waals surface area contributed by atoms with Crippen molar-refractivity contribution in [3.63, 3.8) is 0 Å². The number of amides is 1. The number of halogens is 1. The molecule has 1 unspecified atom stereocenters. The molecule has 106 valence electrons. The van der Waals surface area contributed by atoms with Gasteiger partial charge in [0.2, 0.25) is 5.91 Å². The summed E-state index contributed by atoms with van der Waals surface area (Å²) in [7, 11) is 1.60. The second-order valence-corrected chi connectivity index (χ2v) is 6.78. The molecule has 5 atom stereocenters. The molecule has 4 rings (SSSR count). The monoisotopic (exact) mass is 291 g/mol. The fourth-order valence-electron chi connectivity index (χ4n) is 4.67. The molecule has 1 amide bonds. The van der Waals surface area contributed by atoms with E-state index >= 15 is 0 Å². The van der Waals surface area contributed by atoms with Gasteiger partial charge in [0.25, 0.3) is 0 Å². The van der Waals surface area contributed by atoms with Gasteiger partial charge in [0.1, 0.15) is 5.75 Å². The molecular weight excluding hydrogens is 274 g/mol. The maximum Gasteiger partial charge on any atom is 0.228 e. The van der Waals surface area contributed by atoms with Gasteiger partial charge in [0.05, 0.1) is 12.8 Å². The normalized spacial score (nSPS) is 36.6. The van der Waals surface area contributed by atoms with E-state index in [0.29, 0.717) is 28.3 Å². The molecular formula is C16H18ClNO2. The third kappa shape index (κ3) is 1.76. The summed E-state index contributed by atoms with van der Waals surface area (Å²) in [4.78, 5) is 12.5. The number of carbonyl (C=O) groups is 1. The molecule has 0 aromatic heterocycles. The number of methoxy groups -OCH3 is 1. The van der Waals surface area contributed by atoms with E-state index in [0.717, 1.165) is 11.8 Å². The van der Waals surface area contributed by atoms with Crippen molar-refractivity contribution < 1.29 is 9.53 Å². The quantitative estimate of drug-likeness (QED) is 0.924. The molecule has 3 aliphatic carbocycles. The minimum atomic E-state index is 0.150. The number of hydrogen-bond donors (Lipinski definition) is 1. The summed E-state index contributed by atoms with van der Waals surface area (Å²) in [6.45, 7) is 0. The molecule has 0 spiro atoms. The highest BCUT2D eigenvalue weighted by Crippen LogP contribution is 2.69. The smallest absolute Gasteiger partial charge is 0.228 e. The van der Waals surface area contributed by atoms with Crippen molar-refractivity contribution in [2.45, 2.75) is 19.3 Å². The summed E-state index contributed by atoms with van der Waals surface area (Å²) in [6.07, 6.45) is 4.02. The molecule has 0 aliphatic heterocycles. The van der Waals surface area contributed by atoms with Crippen LogP contribution in [0.2, 0.25) is 5.02 Å². The summed E-state index contributed by atoms with van der Waals surface area (Å²) < 4.78 is 5.28. The maximum absolute atomic E-state index is 12.5. The van der Waals surface area contributed by atoms with E-state index in [4.69, 9.17) is 16.3 Å². The second kappa shape index (κ2) is 4.39. The van der Waals surface area contributed by atoms with E-state index in [1.165, 1.54) is 19.3 Å². The summed E-state index contributed by atoms with van der Waals surface area (Å²) in [5, 5.41) is 3.62. The van der Waals surface area contributed by atoms with Crippen LogP contribution in [0, 0.1) is 29.6 Å². The Morgan fingerprint density at radius 1 is 1.30 bits per heavy atom. The molecule has 20 heavy (non-hydrogen) atoms. The van der Waals surface area contributed by atoms with E-state index in [1.54, 1.807) is 25.3 Å². The minimum Gasteiger partial charge on any atom is -0.495 e. The Balaban J connectivity index is 1.50. The van der Waals surface area contributed by atoms with Crippen molar-refractivity contribution in [1.29, 1.82) is 0 Å². The van der Waals surface area contributed by atoms with Gasteiger partial charge in [0.15, 0.2) is 0 Å². The Morgan fingerprint density at radius 2 is 2.00 bits per heavy atom. The Morgan fingerprint density at radius 3 is 2.65 bits per heavy atom. The number of nitrogens with one attached hydrogen (secondary N) is 1. The van der Waals surface area contributed by atoms with Crippen molar-refractivity contribution in [1.82, 2.24) is 0 Å². The lowest BCUT2D eigenvalue weighted by atomic mass is 10.0. The van der Waals surface area contributed by atoms with Gasteiger partial charge >= 0.3 is 0 Å². The van der Waals surface area contributed by atoms with Crippen LogP contribution >= 0.6 is 11.6 Å². The van der Waals surface area contributed by atoms with Crippen LogP contribution in [-0.2, 0) is 4.79 Å². The summed E-state index contributed by atoms with van der Waals surface area (Å²) in [6, 6.07) is 5.31. The number of hydrogen-bond acceptors (Lipinski definition) is 2. The van der Waals surface area contributed by atoms with Gasteiger partial charge in [-0.25, -0.2) is 0 Å². The zero-order valence-corrected chi connectivity index (χ0v) is 12.2. The SMILES string of the molecule is COc1ccc(Cl)cc1NC(=O)C1[C@@H]2[C@@H]3CC[C@@H](C3)[C@H]12. The Labute approximate surface area is 123 Å². The fraction of sp³-hybridized carbons (Fsp3) is 0.562. The predicted molar refractivity (Wildman–Crippen MR) is 77.9 cm³/mol. The van der Waals surface area contributed by atoms with Gasteiger partial charge in [-0.05, 0) is 61.1 Å². The first kappa shape index (κ1) is 12.5. The second-order valence-electron chi connectivity index (χ2n) is 6.35. The highest BCUT2D eigenvalue weighted by atomic mass is 35.5. The van der Waals surface area contributed by atoms with Crippen molar-refractivity contribution in [3.05, 3.63) is 23.2 Å². The van der Waals surface area contributed by atoms with Crippen molar-refractivity contribution in [2.75, 3.05) is 12.4 Å². The number of fused-ring (bicyclic) bond motifs is 5. The molecule has 0 saturated heterocycles. The number of ether oxygens (including phenoxy) is 1. The molecule has 3 saturated carbocycles. The third-order valence-electron chi connectivity index (χ3n) is 5.46. The van der Waals surface area contributed by atoms with Gasteiger partial charge in [-0.3, -0.25) is 4.79 Å². The average Bonchev–Trinajstić information content (AvgIpc) is 2.88. The lowest BCUT2D eigenvalue weighted by molar-refractivity contribution is -0.118. The van der Waals surface area contributed by atoms with Crippen LogP contribution in [0.1, 0.15) is 19.3 Å². The van der Waals surface area contributed by atoms with Crippen molar-refractivity contribution >= 4 is 23.2 Å². The van der Waals surface area contributed by atoms with Crippen LogP contribution in [0.4, 0.5) is 5.69 Å². The van der Waals surface area contributed by atoms with Gasteiger partial charge in [-0.2, -0.15) is 0 Å². The number of anilines is 1. The molecule has 3 nitrogen and oxygen atoms in total. The first-order valence-corrected chi connectivity index (χ1v) is 7.71. The Kier molecular flexibility index (Phi) is 2.75. The first-order chi connectivity index (χ1) is 9.69. The van der Waals surface area contributed by atoms with Crippen LogP contribution < -0.4 is 10.1 Å². The lowest BCUT2D eigenvalue weighted by Gasteiger charge is -2.12. The van der Waals surface area contributed by atoms with E-state index in [-0.39, 0.29) is 11.8 Å². The Hall–Kier alpha value is -1.22. The molecule has 0 radical (unpaired) electrons.